The Morgan fingerprint density at radius 2 is 1.77 bits per heavy atom. The monoisotopic (exact) mass is 306 g/mol. The summed E-state index contributed by atoms with van der Waals surface area (Å²) < 4.78 is 0. The first-order valence-electron chi connectivity index (χ1n) is 9.29. The Kier molecular flexibility index (Phi) is 3.83. The fraction of sp³-hybridized carbons (Fsp3) is 0.944. The van der Waals surface area contributed by atoms with Crippen LogP contribution in [-0.4, -0.2) is 42.3 Å². The van der Waals surface area contributed by atoms with Crippen LogP contribution in [-0.2, 0) is 0 Å². The molecule has 0 spiro atoms. The van der Waals surface area contributed by atoms with Gasteiger partial charge >= 0.3 is 6.03 Å². The third-order valence-corrected chi connectivity index (χ3v) is 6.84. The van der Waals surface area contributed by atoms with Crippen LogP contribution in [0.15, 0.2) is 0 Å². The topological polar surface area (TPSA) is 52.6 Å². The largest absolute Gasteiger partial charge is 0.396 e. The molecule has 0 aromatic heterocycles. The third kappa shape index (κ3) is 2.75. The van der Waals surface area contributed by atoms with Crippen LogP contribution in [0.25, 0.3) is 0 Å². The molecule has 0 aromatic carbocycles. The summed E-state index contributed by atoms with van der Waals surface area (Å²) in [5, 5.41) is 12.6. The Morgan fingerprint density at radius 3 is 2.36 bits per heavy atom. The maximum Gasteiger partial charge on any atom is 0.317 e. The number of aliphatic hydroxyl groups is 1. The Balaban J connectivity index is 1.33. The molecule has 4 aliphatic carbocycles. The quantitative estimate of drug-likeness (QED) is 0.842. The summed E-state index contributed by atoms with van der Waals surface area (Å²) in [6.45, 7) is 2.67. The minimum absolute atomic E-state index is 0.105. The van der Waals surface area contributed by atoms with Crippen LogP contribution in [0.2, 0.25) is 0 Å². The van der Waals surface area contributed by atoms with Crippen molar-refractivity contribution in [1.82, 2.24) is 10.2 Å². The standard InChI is InChI=1S/C18H30N2O2/c21-11-13-2-1-3-20(10-13)17(22)19-12-18-7-14-4-15(8-18)6-16(5-14)9-18/h13-16,21H,1-12H2,(H,19,22)/t13-,14?,15?,16?,18?/m1/s1. The van der Waals surface area contributed by atoms with Gasteiger partial charge in [0, 0.05) is 26.2 Å². The molecule has 5 rings (SSSR count). The maximum absolute atomic E-state index is 12.5. The van der Waals surface area contributed by atoms with Crippen LogP contribution in [0.1, 0.15) is 51.4 Å². The average molecular weight is 306 g/mol. The zero-order valence-corrected chi connectivity index (χ0v) is 13.6. The van der Waals surface area contributed by atoms with Crippen molar-refractivity contribution in [3.63, 3.8) is 0 Å². The first-order chi connectivity index (χ1) is 10.7. The molecule has 5 fully saturated rings. The molecule has 22 heavy (non-hydrogen) atoms. The summed E-state index contributed by atoms with van der Waals surface area (Å²) >= 11 is 0. The van der Waals surface area contributed by atoms with E-state index in [1.807, 2.05) is 4.90 Å². The van der Waals surface area contributed by atoms with Crippen molar-refractivity contribution in [2.45, 2.75) is 51.4 Å². The number of rotatable bonds is 3. The highest BCUT2D eigenvalue weighted by molar-refractivity contribution is 5.74. The second-order valence-corrected chi connectivity index (χ2v) is 8.71. The fourth-order valence-corrected chi connectivity index (χ4v) is 6.28. The highest BCUT2D eigenvalue weighted by Crippen LogP contribution is 2.59. The minimum Gasteiger partial charge on any atom is -0.396 e. The molecular weight excluding hydrogens is 276 g/mol. The van der Waals surface area contributed by atoms with E-state index in [0.29, 0.717) is 5.41 Å². The predicted octanol–water partition coefficient (Wildman–Crippen LogP) is 2.62. The predicted molar refractivity (Wildman–Crippen MR) is 85.4 cm³/mol. The summed E-state index contributed by atoms with van der Waals surface area (Å²) in [7, 11) is 0. The number of carbonyl (C=O) groups is 1. The van der Waals surface area contributed by atoms with Gasteiger partial charge in [0.15, 0.2) is 0 Å². The molecule has 1 saturated heterocycles. The van der Waals surface area contributed by atoms with E-state index in [1.165, 1.54) is 38.5 Å². The molecule has 4 nitrogen and oxygen atoms in total. The van der Waals surface area contributed by atoms with Gasteiger partial charge in [-0.05, 0) is 80.5 Å². The lowest BCUT2D eigenvalue weighted by atomic mass is 9.49. The van der Waals surface area contributed by atoms with Gasteiger partial charge in [-0.3, -0.25) is 0 Å². The number of hydrogen-bond donors (Lipinski definition) is 2. The molecule has 4 heteroatoms. The van der Waals surface area contributed by atoms with Crippen LogP contribution < -0.4 is 5.32 Å². The first kappa shape index (κ1) is 14.8. The van der Waals surface area contributed by atoms with Crippen molar-refractivity contribution < 1.29 is 9.90 Å². The van der Waals surface area contributed by atoms with Crippen molar-refractivity contribution in [2.75, 3.05) is 26.2 Å². The number of nitrogens with one attached hydrogen (secondary N) is 1. The van der Waals surface area contributed by atoms with Crippen LogP contribution >= 0.6 is 0 Å². The summed E-state index contributed by atoms with van der Waals surface area (Å²) in [5.74, 6) is 3.10. The van der Waals surface area contributed by atoms with Gasteiger partial charge in [0.05, 0.1) is 0 Å². The van der Waals surface area contributed by atoms with E-state index in [9.17, 15) is 9.90 Å². The van der Waals surface area contributed by atoms with E-state index in [2.05, 4.69) is 5.32 Å². The molecule has 4 bridgehead atoms. The third-order valence-electron chi connectivity index (χ3n) is 6.84. The van der Waals surface area contributed by atoms with Gasteiger partial charge in [0.2, 0.25) is 0 Å². The molecule has 5 aliphatic rings. The highest BCUT2D eigenvalue weighted by Gasteiger charge is 2.50. The Morgan fingerprint density at radius 1 is 1.14 bits per heavy atom. The Bertz CT molecular complexity index is 402. The molecule has 1 atom stereocenters. The van der Waals surface area contributed by atoms with Crippen molar-refractivity contribution in [3.8, 4) is 0 Å². The van der Waals surface area contributed by atoms with Gasteiger partial charge in [-0.1, -0.05) is 0 Å². The smallest absolute Gasteiger partial charge is 0.317 e. The lowest BCUT2D eigenvalue weighted by Crippen LogP contribution is -2.53. The summed E-state index contributed by atoms with van der Waals surface area (Å²) in [6, 6.07) is 0.105. The van der Waals surface area contributed by atoms with Gasteiger partial charge < -0.3 is 15.3 Å². The number of hydrogen-bond acceptors (Lipinski definition) is 2. The van der Waals surface area contributed by atoms with Crippen molar-refractivity contribution >= 4 is 6.03 Å². The van der Waals surface area contributed by atoms with Crippen molar-refractivity contribution in [1.29, 1.82) is 0 Å². The van der Waals surface area contributed by atoms with Crippen molar-refractivity contribution in [2.24, 2.45) is 29.1 Å². The normalized spacial score (nSPS) is 43.4. The van der Waals surface area contributed by atoms with E-state index >= 15 is 0 Å². The Labute approximate surface area is 133 Å². The van der Waals surface area contributed by atoms with Crippen molar-refractivity contribution in [3.05, 3.63) is 0 Å². The first-order valence-corrected chi connectivity index (χ1v) is 9.29. The van der Waals surface area contributed by atoms with Crippen LogP contribution in [0, 0.1) is 29.1 Å². The number of piperidine rings is 1. The summed E-state index contributed by atoms with van der Waals surface area (Å²) in [4.78, 5) is 14.4. The SMILES string of the molecule is O=C(NCC12CC3CC(CC(C3)C1)C2)N1CCC[C@@H](CO)C1. The number of likely N-dealkylation sites (tertiary alicyclic amines) is 1. The lowest BCUT2D eigenvalue weighted by Gasteiger charge is -2.57. The number of aliphatic hydroxyl groups excluding tert-OH is 1. The van der Waals surface area contributed by atoms with Crippen LogP contribution in [0.4, 0.5) is 4.79 Å². The average Bonchev–Trinajstić information content (AvgIpc) is 2.51. The van der Waals surface area contributed by atoms with Gasteiger partial charge in [0.25, 0.3) is 0 Å². The molecule has 4 saturated carbocycles. The molecule has 0 aromatic rings. The zero-order valence-electron chi connectivity index (χ0n) is 13.6. The van der Waals surface area contributed by atoms with Gasteiger partial charge in [-0.2, -0.15) is 0 Å². The molecule has 0 radical (unpaired) electrons. The Hall–Kier alpha value is -0.770. The molecule has 1 aliphatic heterocycles. The molecule has 2 amide bonds. The number of amides is 2. The number of urea groups is 1. The molecule has 124 valence electrons. The highest BCUT2D eigenvalue weighted by atomic mass is 16.3. The van der Waals surface area contributed by atoms with E-state index < -0.39 is 0 Å². The summed E-state index contributed by atoms with van der Waals surface area (Å²) in [5.41, 5.74) is 0.413. The number of nitrogens with zero attached hydrogens (tertiary/aromatic N) is 1. The van der Waals surface area contributed by atoms with Crippen LogP contribution in [0.3, 0.4) is 0 Å². The second-order valence-electron chi connectivity index (χ2n) is 8.71. The molecule has 1 heterocycles. The van der Waals surface area contributed by atoms with Crippen LogP contribution in [0.5, 0.6) is 0 Å². The molecule has 2 N–H and O–H groups in total. The molecular formula is C18H30N2O2. The lowest BCUT2D eigenvalue weighted by molar-refractivity contribution is -0.0503. The maximum atomic E-state index is 12.5. The van der Waals surface area contributed by atoms with Gasteiger partial charge in [-0.25, -0.2) is 4.79 Å². The van der Waals surface area contributed by atoms with E-state index in [0.717, 1.165) is 50.2 Å². The van der Waals surface area contributed by atoms with E-state index in [-0.39, 0.29) is 18.6 Å². The second kappa shape index (κ2) is 5.70. The van der Waals surface area contributed by atoms with E-state index in [1.54, 1.807) is 0 Å². The van der Waals surface area contributed by atoms with Gasteiger partial charge in [-0.15, -0.1) is 0 Å². The van der Waals surface area contributed by atoms with Gasteiger partial charge in [0.1, 0.15) is 0 Å². The number of carbonyl (C=O) groups excluding carboxylic acids is 1. The van der Waals surface area contributed by atoms with E-state index in [4.69, 9.17) is 0 Å². The minimum atomic E-state index is 0.105. The summed E-state index contributed by atoms with van der Waals surface area (Å²) in [6.07, 6.45) is 10.5. The zero-order chi connectivity index (χ0) is 15.2. The molecule has 0 unspecified atom stereocenters. The fourth-order valence-electron chi connectivity index (χ4n) is 6.28.